The third-order valence-electron chi connectivity index (χ3n) is 3.65. The Labute approximate surface area is 131 Å². The number of rotatable bonds is 7. The zero-order chi connectivity index (χ0) is 15.9. The second kappa shape index (κ2) is 8.12. The molecule has 6 nitrogen and oxygen atoms in total. The van der Waals surface area contributed by atoms with Gasteiger partial charge in [-0.1, -0.05) is 18.2 Å². The van der Waals surface area contributed by atoms with E-state index in [-0.39, 0.29) is 18.6 Å². The quantitative estimate of drug-likeness (QED) is 0.763. The van der Waals surface area contributed by atoms with E-state index in [1.807, 2.05) is 31.2 Å². The second-order valence-electron chi connectivity index (χ2n) is 5.41. The van der Waals surface area contributed by atoms with Gasteiger partial charge in [0.15, 0.2) is 0 Å². The molecule has 122 valence electrons. The van der Waals surface area contributed by atoms with Crippen molar-refractivity contribution in [1.82, 2.24) is 10.2 Å². The van der Waals surface area contributed by atoms with Crippen molar-refractivity contribution in [2.75, 3.05) is 33.4 Å². The first-order valence-corrected chi connectivity index (χ1v) is 7.53. The molecular formula is C16H24N2O4. The van der Waals surface area contributed by atoms with Gasteiger partial charge in [0.25, 0.3) is 0 Å². The van der Waals surface area contributed by atoms with Crippen molar-refractivity contribution in [2.24, 2.45) is 0 Å². The molecule has 1 aromatic carbocycles. The van der Waals surface area contributed by atoms with Crippen LogP contribution in [0.25, 0.3) is 0 Å². The Bertz CT molecular complexity index is 495. The molecule has 0 spiro atoms. The van der Waals surface area contributed by atoms with Gasteiger partial charge >= 0.3 is 0 Å². The molecule has 0 saturated carbocycles. The van der Waals surface area contributed by atoms with Gasteiger partial charge in [0.1, 0.15) is 12.4 Å². The Morgan fingerprint density at radius 1 is 1.41 bits per heavy atom. The van der Waals surface area contributed by atoms with Gasteiger partial charge < -0.3 is 19.9 Å². The Kier molecular flexibility index (Phi) is 6.18. The highest BCUT2D eigenvalue weighted by molar-refractivity contribution is 5.77. The summed E-state index contributed by atoms with van der Waals surface area (Å²) in [6.45, 7) is 4.41. The van der Waals surface area contributed by atoms with Crippen molar-refractivity contribution in [2.45, 2.75) is 25.6 Å². The van der Waals surface area contributed by atoms with Crippen LogP contribution in [0.5, 0.6) is 5.75 Å². The summed E-state index contributed by atoms with van der Waals surface area (Å²) in [4.78, 5) is 13.7. The standard InChI is InChI=1S/C16H24N2O4/c1-3-22-15-7-5-4-6-12(15)8-18-9-13(14(19)10-18)17-16(20)11-21-2/h4-7,13-14,19H,3,8-11H2,1-2H3,(H,17,20)/t13-,14-/m1/s1. The lowest BCUT2D eigenvalue weighted by atomic mass is 10.2. The number of carbonyl (C=O) groups is 1. The van der Waals surface area contributed by atoms with Crippen molar-refractivity contribution < 1.29 is 19.4 Å². The van der Waals surface area contributed by atoms with E-state index in [1.54, 1.807) is 0 Å². The van der Waals surface area contributed by atoms with Crippen LogP contribution < -0.4 is 10.1 Å². The molecule has 22 heavy (non-hydrogen) atoms. The van der Waals surface area contributed by atoms with E-state index in [0.717, 1.165) is 11.3 Å². The lowest BCUT2D eigenvalue weighted by Gasteiger charge is -2.18. The molecule has 6 heteroatoms. The van der Waals surface area contributed by atoms with Gasteiger partial charge in [0.2, 0.25) is 5.91 Å². The lowest BCUT2D eigenvalue weighted by Crippen LogP contribution is -2.44. The zero-order valence-electron chi connectivity index (χ0n) is 13.1. The highest BCUT2D eigenvalue weighted by Gasteiger charge is 2.32. The molecule has 2 atom stereocenters. The number of likely N-dealkylation sites (tertiary alicyclic amines) is 1. The third kappa shape index (κ3) is 4.43. The Morgan fingerprint density at radius 3 is 2.91 bits per heavy atom. The molecule has 1 saturated heterocycles. The monoisotopic (exact) mass is 308 g/mol. The van der Waals surface area contributed by atoms with Crippen molar-refractivity contribution in [3.63, 3.8) is 0 Å². The number of aliphatic hydroxyl groups excluding tert-OH is 1. The van der Waals surface area contributed by atoms with Gasteiger partial charge in [-0.15, -0.1) is 0 Å². The Hall–Kier alpha value is -1.63. The number of hydrogen-bond acceptors (Lipinski definition) is 5. The maximum absolute atomic E-state index is 11.6. The first-order valence-electron chi connectivity index (χ1n) is 7.53. The van der Waals surface area contributed by atoms with E-state index < -0.39 is 6.10 Å². The van der Waals surface area contributed by atoms with Crippen LogP contribution in [0.4, 0.5) is 0 Å². The average molecular weight is 308 g/mol. The van der Waals surface area contributed by atoms with Crippen LogP contribution in [0.3, 0.4) is 0 Å². The average Bonchev–Trinajstić information content (AvgIpc) is 2.81. The first-order chi connectivity index (χ1) is 10.6. The van der Waals surface area contributed by atoms with E-state index in [2.05, 4.69) is 10.2 Å². The van der Waals surface area contributed by atoms with Crippen molar-refractivity contribution in [3.8, 4) is 5.75 Å². The topological polar surface area (TPSA) is 71.0 Å². The van der Waals surface area contributed by atoms with Crippen LogP contribution >= 0.6 is 0 Å². The molecule has 0 aliphatic carbocycles. The number of amides is 1. The normalized spacial score (nSPS) is 21.8. The SMILES string of the molecule is CCOc1ccccc1CN1C[C@@H](O)[C@H](NC(=O)COC)C1. The number of methoxy groups -OCH3 is 1. The largest absolute Gasteiger partial charge is 0.494 e. The van der Waals surface area contributed by atoms with Gasteiger partial charge in [0.05, 0.1) is 18.8 Å². The molecule has 1 aliphatic heterocycles. The number of aliphatic hydroxyl groups is 1. The molecule has 0 aromatic heterocycles. The molecule has 1 heterocycles. The molecule has 1 fully saturated rings. The Balaban J connectivity index is 1.94. The highest BCUT2D eigenvalue weighted by Crippen LogP contribution is 2.22. The molecule has 2 rings (SSSR count). The number of benzene rings is 1. The minimum Gasteiger partial charge on any atom is -0.494 e. The lowest BCUT2D eigenvalue weighted by molar-refractivity contribution is -0.125. The van der Waals surface area contributed by atoms with Crippen LogP contribution in [0.2, 0.25) is 0 Å². The minimum atomic E-state index is -0.569. The Morgan fingerprint density at radius 2 is 2.18 bits per heavy atom. The highest BCUT2D eigenvalue weighted by atomic mass is 16.5. The number of nitrogens with zero attached hydrogens (tertiary/aromatic N) is 1. The number of nitrogens with one attached hydrogen (secondary N) is 1. The third-order valence-corrected chi connectivity index (χ3v) is 3.65. The number of ether oxygens (including phenoxy) is 2. The van der Waals surface area contributed by atoms with E-state index >= 15 is 0 Å². The summed E-state index contributed by atoms with van der Waals surface area (Å²) in [5.41, 5.74) is 1.08. The zero-order valence-corrected chi connectivity index (χ0v) is 13.1. The van der Waals surface area contributed by atoms with Crippen LogP contribution in [0.15, 0.2) is 24.3 Å². The van der Waals surface area contributed by atoms with E-state index in [1.165, 1.54) is 7.11 Å². The van der Waals surface area contributed by atoms with Crippen molar-refractivity contribution in [3.05, 3.63) is 29.8 Å². The smallest absolute Gasteiger partial charge is 0.246 e. The summed E-state index contributed by atoms with van der Waals surface area (Å²) in [6, 6.07) is 7.63. The first kappa shape index (κ1) is 16.7. The van der Waals surface area contributed by atoms with Gasteiger partial charge in [-0.25, -0.2) is 0 Å². The van der Waals surface area contributed by atoms with Crippen molar-refractivity contribution >= 4 is 5.91 Å². The summed E-state index contributed by atoms with van der Waals surface area (Å²) >= 11 is 0. The maximum atomic E-state index is 11.6. The molecule has 0 bridgehead atoms. The molecule has 0 radical (unpaired) electrons. The van der Waals surface area contributed by atoms with E-state index in [9.17, 15) is 9.90 Å². The fraction of sp³-hybridized carbons (Fsp3) is 0.562. The predicted molar refractivity (Wildman–Crippen MR) is 82.7 cm³/mol. The number of para-hydroxylation sites is 1. The van der Waals surface area contributed by atoms with Gasteiger partial charge in [-0.05, 0) is 13.0 Å². The van der Waals surface area contributed by atoms with Crippen LogP contribution in [-0.2, 0) is 16.1 Å². The van der Waals surface area contributed by atoms with Gasteiger partial charge in [-0.3, -0.25) is 9.69 Å². The number of β-amino-alcohol motifs (C(OH)–C–C–N with tert-alkyl or cyclic N) is 1. The van der Waals surface area contributed by atoms with Gasteiger partial charge in [0, 0.05) is 32.3 Å². The molecule has 0 unspecified atom stereocenters. The van der Waals surface area contributed by atoms with Crippen LogP contribution in [0.1, 0.15) is 12.5 Å². The predicted octanol–water partition coefficient (Wildman–Crippen LogP) is 0.393. The fourth-order valence-corrected chi connectivity index (χ4v) is 2.69. The summed E-state index contributed by atoms with van der Waals surface area (Å²) in [5, 5.41) is 12.9. The van der Waals surface area contributed by atoms with E-state index in [4.69, 9.17) is 9.47 Å². The second-order valence-corrected chi connectivity index (χ2v) is 5.41. The van der Waals surface area contributed by atoms with Crippen LogP contribution in [0, 0.1) is 0 Å². The molecule has 2 N–H and O–H groups in total. The fourth-order valence-electron chi connectivity index (χ4n) is 2.69. The summed E-state index contributed by atoms with van der Waals surface area (Å²) < 4.78 is 10.4. The van der Waals surface area contributed by atoms with Gasteiger partial charge in [-0.2, -0.15) is 0 Å². The molecule has 1 amide bonds. The van der Waals surface area contributed by atoms with Crippen LogP contribution in [-0.4, -0.2) is 61.5 Å². The molecule has 1 aromatic rings. The maximum Gasteiger partial charge on any atom is 0.246 e. The number of carbonyl (C=O) groups excluding carboxylic acids is 1. The molecular weight excluding hydrogens is 284 g/mol. The minimum absolute atomic E-state index is 0.0103. The summed E-state index contributed by atoms with van der Waals surface area (Å²) in [5.74, 6) is 0.662. The summed E-state index contributed by atoms with van der Waals surface area (Å²) in [7, 11) is 1.47. The summed E-state index contributed by atoms with van der Waals surface area (Å²) in [6.07, 6.45) is -0.569. The molecule has 1 aliphatic rings. The van der Waals surface area contributed by atoms with E-state index in [0.29, 0.717) is 26.2 Å². The number of hydrogen-bond donors (Lipinski definition) is 2. The van der Waals surface area contributed by atoms with Crippen molar-refractivity contribution in [1.29, 1.82) is 0 Å².